The fraction of sp³-hybridized carbons (Fsp3) is 0.733. The van der Waals surface area contributed by atoms with Crippen LogP contribution >= 0.6 is 0 Å². The first kappa shape index (κ1) is 16.6. The first-order chi connectivity index (χ1) is 10.2. The van der Waals surface area contributed by atoms with E-state index in [0.717, 1.165) is 30.2 Å². The molecule has 1 aromatic rings. The third kappa shape index (κ3) is 3.52. The van der Waals surface area contributed by atoms with E-state index in [1.807, 2.05) is 39.4 Å². The van der Waals surface area contributed by atoms with Crippen LogP contribution in [0.15, 0.2) is 0 Å². The number of piperazine rings is 1. The van der Waals surface area contributed by atoms with Gasteiger partial charge in [0.15, 0.2) is 0 Å². The quantitative estimate of drug-likeness (QED) is 0.889. The summed E-state index contributed by atoms with van der Waals surface area (Å²) >= 11 is 0. The largest absolute Gasteiger partial charge is 0.444 e. The van der Waals surface area contributed by atoms with E-state index in [-0.39, 0.29) is 6.09 Å². The summed E-state index contributed by atoms with van der Waals surface area (Å²) in [6.45, 7) is 10.9. The van der Waals surface area contributed by atoms with E-state index in [0.29, 0.717) is 19.6 Å². The molecule has 1 aliphatic heterocycles. The summed E-state index contributed by atoms with van der Waals surface area (Å²) in [5, 5.41) is 4.45. The summed E-state index contributed by atoms with van der Waals surface area (Å²) in [7, 11) is 1.93. The van der Waals surface area contributed by atoms with Gasteiger partial charge < -0.3 is 20.3 Å². The molecule has 0 atom stereocenters. The Morgan fingerprint density at radius 2 is 1.86 bits per heavy atom. The van der Waals surface area contributed by atoms with Gasteiger partial charge in [-0.3, -0.25) is 4.68 Å². The van der Waals surface area contributed by atoms with Crippen LogP contribution < -0.4 is 10.6 Å². The minimum absolute atomic E-state index is 0.243. The predicted octanol–water partition coefficient (Wildman–Crippen LogP) is 1.24. The highest BCUT2D eigenvalue weighted by molar-refractivity contribution is 5.68. The highest BCUT2D eigenvalue weighted by Gasteiger charge is 2.28. The Morgan fingerprint density at radius 3 is 2.36 bits per heavy atom. The molecule has 1 aromatic heterocycles. The van der Waals surface area contributed by atoms with Crippen molar-refractivity contribution in [2.45, 2.75) is 39.8 Å². The Kier molecular flexibility index (Phi) is 4.65. The number of hydrogen-bond acceptors (Lipinski definition) is 5. The molecule has 1 saturated heterocycles. The summed E-state index contributed by atoms with van der Waals surface area (Å²) in [6.07, 6.45) is -0.243. The van der Waals surface area contributed by atoms with Gasteiger partial charge in [0.2, 0.25) is 0 Å². The molecule has 2 N–H and O–H groups in total. The van der Waals surface area contributed by atoms with Gasteiger partial charge in [0.25, 0.3) is 0 Å². The topological polar surface area (TPSA) is 76.6 Å². The van der Waals surface area contributed by atoms with Gasteiger partial charge in [0.05, 0.1) is 5.69 Å². The zero-order valence-corrected chi connectivity index (χ0v) is 14.2. The van der Waals surface area contributed by atoms with Crippen molar-refractivity contribution in [2.75, 3.05) is 31.1 Å². The Morgan fingerprint density at radius 1 is 1.27 bits per heavy atom. The van der Waals surface area contributed by atoms with Crippen molar-refractivity contribution in [2.24, 2.45) is 12.8 Å². The molecular formula is C15H27N5O2. The molecule has 0 radical (unpaired) electrons. The van der Waals surface area contributed by atoms with E-state index in [1.165, 1.54) is 0 Å². The minimum atomic E-state index is -0.458. The standard InChI is InChI=1S/C15H27N5O2/c1-11-12(10-16)13(18(5)17-11)19-6-8-20(9-7-19)14(21)22-15(2,3)4/h6-10,16H2,1-5H3. The second kappa shape index (κ2) is 6.16. The zero-order chi connectivity index (χ0) is 16.5. The molecule has 7 heteroatoms. The molecule has 0 aromatic carbocycles. The molecule has 22 heavy (non-hydrogen) atoms. The van der Waals surface area contributed by atoms with E-state index < -0.39 is 5.60 Å². The molecule has 7 nitrogen and oxygen atoms in total. The van der Waals surface area contributed by atoms with E-state index in [2.05, 4.69) is 10.00 Å². The highest BCUT2D eigenvalue weighted by Crippen LogP contribution is 2.24. The number of nitrogens with zero attached hydrogens (tertiary/aromatic N) is 4. The summed E-state index contributed by atoms with van der Waals surface area (Å²) in [5.74, 6) is 1.06. The lowest BCUT2D eigenvalue weighted by molar-refractivity contribution is 0.0240. The Labute approximate surface area is 132 Å². The molecule has 1 aliphatic rings. The first-order valence-corrected chi connectivity index (χ1v) is 7.68. The fourth-order valence-corrected chi connectivity index (χ4v) is 2.75. The number of rotatable bonds is 2. The maximum Gasteiger partial charge on any atom is 0.410 e. The fourth-order valence-electron chi connectivity index (χ4n) is 2.75. The predicted molar refractivity (Wildman–Crippen MR) is 85.9 cm³/mol. The smallest absolute Gasteiger partial charge is 0.410 e. The summed E-state index contributed by atoms with van der Waals surface area (Å²) < 4.78 is 7.30. The number of ether oxygens (including phenoxy) is 1. The van der Waals surface area contributed by atoms with Crippen LogP contribution in [0.5, 0.6) is 0 Å². The van der Waals surface area contributed by atoms with Crippen LogP contribution in [0.25, 0.3) is 0 Å². The third-order valence-corrected chi connectivity index (χ3v) is 3.75. The molecule has 1 amide bonds. The van der Waals surface area contributed by atoms with Crippen molar-refractivity contribution in [3.63, 3.8) is 0 Å². The summed E-state index contributed by atoms with van der Waals surface area (Å²) in [4.78, 5) is 16.1. The van der Waals surface area contributed by atoms with Crippen molar-refractivity contribution in [3.8, 4) is 0 Å². The second-order valence-corrected chi connectivity index (χ2v) is 6.67. The Bertz CT molecular complexity index is 539. The van der Waals surface area contributed by atoms with Crippen LogP contribution in [0, 0.1) is 6.92 Å². The lowest BCUT2D eigenvalue weighted by Crippen LogP contribution is -2.50. The van der Waals surface area contributed by atoms with Crippen LogP contribution in [-0.2, 0) is 18.3 Å². The number of carbonyl (C=O) groups is 1. The molecular weight excluding hydrogens is 282 g/mol. The summed E-state index contributed by atoms with van der Waals surface area (Å²) in [5.41, 5.74) is 7.44. The molecule has 0 saturated carbocycles. The number of aromatic nitrogens is 2. The van der Waals surface area contributed by atoms with E-state index in [9.17, 15) is 4.79 Å². The second-order valence-electron chi connectivity index (χ2n) is 6.67. The Hall–Kier alpha value is -1.76. The lowest BCUT2D eigenvalue weighted by Gasteiger charge is -2.36. The molecule has 0 spiro atoms. The van der Waals surface area contributed by atoms with Gasteiger partial charge in [-0.1, -0.05) is 0 Å². The lowest BCUT2D eigenvalue weighted by atomic mass is 10.2. The van der Waals surface area contributed by atoms with Gasteiger partial charge in [-0.2, -0.15) is 5.10 Å². The van der Waals surface area contributed by atoms with E-state index in [1.54, 1.807) is 4.90 Å². The molecule has 0 aliphatic carbocycles. The van der Waals surface area contributed by atoms with Crippen LogP contribution in [-0.4, -0.2) is 52.6 Å². The number of amides is 1. The van der Waals surface area contributed by atoms with Gasteiger partial charge in [-0.05, 0) is 27.7 Å². The van der Waals surface area contributed by atoms with E-state index >= 15 is 0 Å². The van der Waals surface area contributed by atoms with Gasteiger partial charge in [-0.25, -0.2) is 4.79 Å². The van der Waals surface area contributed by atoms with Crippen molar-refractivity contribution < 1.29 is 9.53 Å². The molecule has 1 fully saturated rings. The van der Waals surface area contributed by atoms with Gasteiger partial charge >= 0.3 is 6.09 Å². The molecule has 124 valence electrons. The van der Waals surface area contributed by atoms with Gasteiger partial charge in [-0.15, -0.1) is 0 Å². The van der Waals surface area contributed by atoms with E-state index in [4.69, 9.17) is 10.5 Å². The molecule has 0 bridgehead atoms. The number of anilines is 1. The van der Waals surface area contributed by atoms with Crippen LogP contribution in [0.1, 0.15) is 32.0 Å². The Balaban J connectivity index is 2.02. The maximum absolute atomic E-state index is 12.1. The van der Waals surface area contributed by atoms with Crippen molar-refractivity contribution in [3.05, 3.63) is 11.3 Å². The number of nitrogens with two attached hydrogens (primary N) is 1. The van der Waals surface area contributed by atoms with Crippen molar-refractivity contribution in [1.29, 1.82) is 0 Å². The van der Waals surface area contributed by atoms with Crippen LogP contribution in [0.3, 0.4) is 0 Å². The van der Waals surface area contributed by atoms with Gasteiger partial charge in [0.1, 0.15) is 11.4 Å². The maximum atomic E-state index is 12.1. The van der Waals surface area contributed by atoms with Crippen LogP contribution in [0.2, 0.25) is 0 Å². The van der Waals surface area contributed by atoms with Crippen molar-refractivity contribution in [1.82, 2.24) is 14.7 Å². The van der Waals surface area contributed by atoms with Gasteiger partial charge in [0, 0.05) is 45.3 Å². The normalized spacial score (nSPS) is 16.1. The molecule has 2 heterocycles. The average molecular weight is 309 g/mol. The number of carbonyl (C=O) groups excluding carboxylic acids is 1. The first-order valence-electron chi connectivity index (χ1n) is 7.68. The highest BCUT2D eigenvalue weighted by atomic mass is 16.6. The molecule has 0 unspecified atom stereocenters. The number of hydrogen-bond donors (Lipinski definition) is 1. The third-order valence-electron chi connectivity index (χ3n) is 3.75. The summed E-state index contributed by atoms with van der Waals surface area (Å²) in [6, 6.07) is 0. The average Bonchev–Trinajstić information content (AvgIpc) is 2.71. The zero-order valence-electron chi connectivity index (χ0n) is 14.2. The van der Waals surface area contributed by atoms with Crippen LogP contribution in [0.4, 0.5) is 10.6 Å². The van der Waals surface area contributed by atoms with Crippen molar-refractivity contribution >= 4 is 11.9 Å². The molecule has 2 rings (SSSR count). The minimum Gasteiger partial charge on any atom is -0.444 e. The SMILES string of the molecule is Cc1nn(C)c(N2CCN(C(=O)OC(C)(C)C)CC2)c1CN. The number of aryl methyl sites for hydroxylation is 2. The monoisotopic (exact) mass is 309 g/mol.